The molecule has 156 valence electrons. The number of hydrogen-bond acceptors (Lipinski definition) is 5. The molecule has 0 aliphatic carbocycles. The Hall–Kier alpha value is -3.67. The second kappa shape index (κ2) is 8.37. The molecule has 30 heavy (non-hydrogen) atoms. The molecule has 1 amide bonds. The van der Waals surface area contributed by atoms with Crippen molar-refractivity contribution in [2.45, 2.75) is 19.1 Å². The van der Waals surface area contributed by atoms with E-state index in [-0.39, 0.29) is 24.1 Å². The molecule has 2 aromatic rings. The number of alkyl halides is 2. The SMILES string of the molecule is CC#CCOc1cc(C2(c3ccc(OC(F)F)cc3)N=C(N)N(C)C2=O)ccc1F. The number of carbonyl (C=O) groups excluding carboxylic acids is 1. The molecule has 9 heteroatoms. The molecule has 3 rings (SSSR count). The van der Waals surface area contributed by atoms with E-state index >= 15 is 0 Å². The van der Waals surface area contributed by atoms with Crippen LogP contribution in [0.1, 0.15) is 18.1 Å². The maximum Gasteiger partial charge on any atom is 0.387 e. The first-order valence-electron chi connectivity index (χ1n) is 8.81. The Labute approximate surface area is 171 Å². The normalized spacial score (nSPS) is 18.1. The van der Waals surface area contributed by atoms with Gasteiger partial charge in [-0.1, -0.05) is 24.1 Å². The average Bonchev–Trinajstić information content (AvgIpc) is 2.94. The van der Waals surface area contributed by atoms with Crippen molar-refractivity contribution in [2.24, 2.45) is 10.7 Å². The molecule has 0 fully saturated rings. The number of halogens is 3. The van der Waals surface area contributed by atoms with Gasteiger partial charge in [-0.05, 0) is 42.3 Å². The highest BCUT2D eigenvalue weighted by atomic mass is 19.3. The summed E-state index contributed by atoms with van der Waals surface area (Å²) in [5, 5.41) is 0. The lowest BCUT2D eigenvalue weighted by atomic mass is 9.82. The maximum absolute atomic E-state index is 14.2. The van der Waals surface area contributed by atoms with Gasteiger partial charge in [-0.25, -0.2) is 9.38 Å². The van der Waals surface area contributed by atoms with Gasteiger partial charge in [0.1, 0.15) is 12.4 Å². The standard InChI is InChI=1S/C21H18F3N3O3/c1-3-4-11-29-17-12-14(7-10-16(17)22)21(18(28)27(2)20(25)26-21)13-5-8-15(9-6-13)30-19(23)24/h5-10,12,19H,11H2,1-2H3,(H2,25,26). The fourth-order valence-corrected chi connectivity index (χ4v) is 3.09. The molecule has 0 bridgehead atoms. The first-order valence-corrected chi connectivity index (χ1v) is 8.81. The van der Waals surface area contributed by atoms with Gasteiger partial charge in [-0.2, -0.15) is 8.78 Å². The number of hydrogen-bond donors (Lipinski definition) is 1. The quantitative estimate of drug-likeness (QED) is 0.734. The summed E-state index contributed by atoms with van der Waals surface area (Å²) in [6, 6.07) is 9.33. The van der Waals surface area contributed by atoms with Crippen LogP contribution in [-0.2, 0) is 10.3 Å². The fraction of sp³-hybridized carbons (Fsp3) is 0.238. The Balaban J connectivity index is 2.12. The monoisotopic (exact) mass is 417 g/mol. The molecule has 0 saturated heterocycles. The summed E-state index contributed by atoms with van der Waals surface area (Å²) in [5.74, 6) is 3.93. The molecular formula is C21H18F3N3O3. The number of nitrogens with zero attached hydrogens (tertiary/aromatic N) is 2. The first kappa shape index (κ1) is 21.0. The Morgan fingerprint density at radius 3 is 2.43 bits per heavy atom. The third-order valence-corrected chi connectivity index (χ3v) is 4.56. The zero-order chi connectivity index (χ0) is 21.9. The van der Waals surface area contributed by atoms with Crippen molar-refractivity contribution in [3.05, 3.63) is 59.4 Å². The van der Waals surface area contributed by atoms with Gasteiger partial charge < -0.3 is 15.2 Å². The second-order valence-corrected chi connectivity index (χ2v) is 6.31. The van der Waals surface area contributed by atoms with Crippen LogP contribution in [0, 0.1) is 17.7 Å². The number of likely N-dealkylation sites (N-methyl/N-ethyl adjacent to an activating group) is 1. The summed E-state index contributed by atoms with van der Waals surface area (Å²) in [5.41, 5.74) is 4.89. The number of rotatable bonds is 6. The van der Waals surface area contributed by atoms with Gasteiger partial charge in [0.2, 0.25) is 0 Å². The third kappa shape index (κ3) is 3.76. The van der Waals surface area contributed by atoms with Crippen LogP contribution >= 0.6 is 0 Å². The second-order valence-electron chi connectivity index (χ2n) is 6.31. The average molecular weight is 417 g/mol. The molecule has 1 aliphatic heterocycles. The molecule has 1 heterocycles. The van der Waals surface area contributed by atoms with E-state index in [0.29, 0.717) is 11.1 Å². The van der Waals surface area contributed by atoms with Gasteiger partial charge in [0, 0.05) is 7.05 Å². The minimum absolute atomic E-state index is 0.0389. The molecule has 1 unspecified atom stereocenters. The zero-order valence-electron chi connectivity index (χ0n) is 16.2. The Bertz CT molecular complexity index is 1040. The lowest BCUT2D eigenvalue weighted by Gasteiger charge is -2.26. The van der Waals surface area contributed by atoms with E-state index in [1.807, 2.05) is 0 Å². The largest absolute Gasteiger partial charge is 0.478 e. The van der Waals surface area contributed by atoms with Gasteiger partial charge in [0.25, 0.3) is 5.91 Å². The van der Waals surface area contributed by atoms with Crippen LogP contribution in [0.4, 0.5) is 13.2 Å². The predicted octanol–water partition coefficient (Wildman–Crippen LogP) is 2.86. The van der Waals surface area contributed by atoms with Crippen LogP contribution in [0.15, 0.2) is 47.5 Å². The van der Waals surface area contributed by atoms with E-state index in [2.05, 4.69) is 21.6 Å². The number of aliphatic imine (C=N–C) groups is 1. The summed E-state index contributed by atoms with van der Waals surface area (Å²) in [6.45, 7) is -1.40. The van der Waals surface area contributed by atoms with Crippen LogP contribution < -0.4 is 15.2 Å². The highest BCUT2D eigenvalue weighted by Crippen LogP contribution is 2.41. The van der Waals surface area contributed by atoms with E-state index in [0.717, 1.165) is 11.0 Å². The number of ether oxygens (including phenoxy) is 2. The topological polar surface area (TPSA) is 77.2 Å². The number of amides is 1. The minimum Gasteiger partial charge on any atom is -0.478 e. The highest BCUT2D eigenvalue weighted by Gasteiger charge is 2.49. The van der Waals surface area contributed by atoms with Crippen molar-refractivity contribution in [3.8, 4) is 23.3 Å². The molecule has 0 spiro atoms. The van der Waals surface area contributed by atoms with Crippen molar-refractivity contribution in [1.82, 2.24) is 4.90 Å². The first-order chi connectivity index (χ1) is 14.3. The molecule has 0 saturated carbocycles. The van der Waals surface area contributed by atoms with Gasteiger partial charge in [-0.15, -0.1) is 5.92 Å². The Kier molecular flexibility index (Phi) is 5.87. The maximum atomic E-state index is 14.2. The Morgan fingerprint density at radius 1 is 1.20 bits per heavy atom. The summed E-state index contributed by atoms with van der Waals surface area (Å²) in [4.78, 5) is 18.7. The molecule has 0 radical (unpaired) electrons. The third-order valence-electron chi connectivity index (χ3n) is 4.56. The molecule has 6 nitrogen and oxygen atoms in total. The lowest BCUT2D eigenvalue weighted by molar-refractivity contribution is -0.129. The van der Waals surface area contributed by atoms with E-state index in [1.165, 1.54) is 43.4 Å². The molecule has 1 aliphatic rings. The van der Waals surface area contributed by atoms with Crippen molar-refractivity contribution >= 4 is 11.9 Å². The number of nitrogens with two attached hydrogens (primary N) is 1. The van der Waals surface area contributed by atoms with Crippen LogP contribution in [0.5, 0.6) is 11.5 Å². The van der Waals surface area contributed by atoms with Crippen LogP contribution in [-0.4, -0.2) is 37.0 Å². The van der Waals surface area contributed by atoms with Crippen molar-refractivity contribution in [2.75, 3.05) is 13.7 Å². The minimum atomic E-state index is -2.99. The fourth-order valence-electron chi connectivity index (χ4n) is 3.09. The van der Waals surface area contributed by atoms with Gasteiger partial charge in [0.15, 0.2) is 23.1 Å². The van der Waals surface area contributed by atoms with Crippen LogP contribution in [0.3, 0.4) is 0 Å². The van der Waals surface area contributed by atoms with E-state index in [9.17, 15) is 18.0 Å². The van der Waals surface area contributed by atoms with E-state index in [4.69, 9.17) is 10.5 Å². The Morgan fingerprint density at radius 2 is 1.87 bits per heavy atom. The molecule has 2 aromatic carbocycles. The van der Waals surface area contributed by atoms with Crippen molar-refractivity contribution in [3.63, 3.8) is 0 Å². The van der Waals surface area contributed by atoms with Crippen molar-refractivity contribution < 1.29 is 27.4 Å². The van der Waals surface area contributed by atoms with Gasteiger partial charge in [-0.3, -0.25) is 9.69 Å². The van der Waals surface area contributed by atoms with Gasteiger partial charge in [0.05, 0.1) is 0 Å². The highest BCUT2D eigenvalue weighted by molar-refractivity contribution is 6.08. The predicted molar refractivity (Wildman–Crippen MR) is 104 cm³/mol. The van der Waals surface area contributed by atoms with Crippen LogP contribution in [0.25, 0.3) is 0 Å². The number of guanidine groups is 1. The van der Waals surface area contributed by atoms with Crippen LogP contribution in [0.2, 0.25) is 0 Å². The molecular weight excluding hydrogens is 399 g/mol. The summed E-state index contributed by atoms with van der Waals surface area (Å²) < 4.78 is 48.8. The van der Waals surface area contributed by atoms with E-state index < -0.39 is 23.9 Å². The molecule has 0 aromatic heterocycles. The lowest BCUT2D eigenvalue weighted by Crippen LogP contribution is -2.41. The van der Waals surface area contributed by atoms with Crippen molar-refractivity contribution in [1.29, 1.82) is 0 Å². The smallest absolute Gasteiger partial charge is 0.387 e. The number of carbonyl (C=O) groups is 1. The molecule has 2 N–H and O–H groups in total. The number of benzene rings is 2. The molecule has 1 atom stereocenters. The summed E-state index contributed by atoms with van der Waals surface area (Å²) in [6.07, 6.45) is 0. The summed E-state index contributed by atoms with van der Waals surface area (Å²) >= 11 is 0. The summed E-state index contributed by atoms with van der Waals surface area (Å²) in [7, 11) is 1.45. The van der Waals surface area contributed by atoms with Gasteiger partial charge >= 0.3 is 6.61 Å². The van der Waals surface area contributed by atoms with E-state index in [1.54, 1.807) is 6.92 Å². The zero-order valence-corrected chi connectivity index (χ0v) is 16.2.